The average molecular weight is 334 g/mol. The first-order valence-corrected chi connectivity index (χ1v) is 6.27. The first-order chi connectivity index (χ1) is 9.38. The van der Waals surface area contributed by atoms with Crippen molar-refractivity contribution in [2.24, 2.45) is 21.5 Å². The normalized spacial score (nSPS) is 16.6. The largest absolute Gasteiger partial charge is 0.465 e. The lowest BCUT2D eigenvalue weighted by molar-refractivity contribution is -0.198. The Balaban J connectivity index is 0.00000220. The zero-order valence-corrected chi connectivity index (χ0v) is 13.2. The van der Waals surface area contributed by atoms with Gasteiger partial charge in [0.1, 0.15) is 5.75 Å². The van der Waals surface area contributed by atoms with E-state index in [9.17, 15) is 0 Å². The van der Waals surface area contributed by atoms with E-state index in [0.717, 1.165) is 0 Å². The van der Waals surface area contributed by atoms with E-state index in [0.29, 0.717) is 10.8 Å². The summed E-state index contributed by atoms with van der Waals surface area (Å²) in [6.45, 7) is 3.55. The third-order valence-corrected chi connectivity index (χ3v) is 2.80. The van der Waals surface area contributed by atoms with E-state index in [-0.39, 0.29) is 31.1 Å². The van der Waals surface area contributed by atoms with Gasteiger partial charge in [-0.25, -0.2) is 9.83 Å². The van der Waals surface area contributed by atoms with Gasteiger partial charge in [-0.05, 0) is 38.1 Å². The summed E-state index contributed by atoms with van der Waals surface area (Å²) in [5.74, 6) is 0.871. The minimum atomic E-state index is -0.751. The highest BCUT2D eigenvalue weighted by atomic mass is 35.5. The Bertz CT molecular complexity index is 545. The van der Waals surface area contributed by atoms with E-state index >= 15 is 0 Å². The fraction of sp³-hybridized carbons (Fsp3) is 0.333. The molecule has 0 radical (unpaired) electrons. The number of ether oxygens (including phenoxy) is 1. The molecule has 0 bridgehead atoms. The van der Waals surface area contributed by atoms with Gasteiger partial charge in [0.05, 0.1) is 0 Å². The smallest absolute Gasteiger partial charge is 0.226 e. The zero-order chi connectivity index (χ0) is 14.8. The number of aliphatic imine (C=N–C) groups is 2. The Morgan fingerprint density at radius 3 is 2.43 bits per heavy atom. The van der Waals surface area contributed by atoms with Gasteiger partial charge in [-0.3, -0.25) is 0 Å². The van der Waals surface area contributed by atoms with Crippen LogP contribution < -0.4 is 16.2 Å². The van der Waals surface area contributed by atoms with E-state index in [1.807, 2.05) is 0 Å². The molecule has 2 rings (SSSR count). The molecule has 0 atom stereocenters. The van der Waals surface area contributed by atoms with Crippen molar-refractivity contribution in [2.45, 2.75) is 19.5 Å². The summed E-state index contributed by atoms with van der Waals surface area (Å²) in [4.78, 5) is 13.4. The van der Waals surface area contributed by atoms with Crippen molar-refractivity contribution >= 4 is 35.9 Å². The lowest BCUT2D eigenvalue weighted by Crippen LogP contribution is -2.54. The predicted octanol–water partition coefficient (Wildman–Crippen LogP) is 1.71. The van der Waals surface area contributed by atoms with Crippen LogP contribution >= 0.6 is 24.0 Å². The maximum atomic E-state index is 5.78. The third kappa shape index (κ3) is 4.38. The molecule has 21 heavy (non-hydrogen) atoms. The molecule has 7 nitrogen and oxygen atoms in total. The predicted molar refractivity (Wildman–Crippen MR) is 84.4 cm³/mol. The van der Waals surface area contributed by atoms with Crippen LogP contribution in [0.3, 0.4) is 0 Å². The van der Waals surface area contributed by atoms with Crippen molar-refractivity contribution < 1.29 is 9.57 Å². The molecule has 9 heteroatoms. The molecule has 0 aliphatic carbocycles. The van der Waals surface area contributed by atoms with Crippen LogP contribution in [0.1, 0.15) is 13.8 Å². The summed E-state index contributed by atoms with van der Waals surface area (Å²) in [5, 5.41) is 1.98. The number of benzene rings is 1. The van der Waals surface area contributed by atoms with Crippen LogP contribution in [0.15, 0.2) is 34.3 Å². The van der Waals surface area contributed by atoms with Gasteiger partial charge in [0, 0.05) is 5.02 Å². The molecule has 4 N–H and O–H groups in total. The molecule has 1 aromatic rings. The monoisotopic (exact) mass is 333 g/mol. The second-order valence-electron chi connectivity index (χ2n) is 4.57. The summed E-state index contributed by atoms with van der Waals surface area (Å²) >= 11 is 5.78. The number of guanidine groups is 2. The first kappa shape index (κ1) is 17.4. The summed E-state index contributed by atoms with van der Waals surface area (Å²) in [6, 6.07) is 6.92. The molecule has 0 amide bonds. The fourth-order valence-corrected chi connectivity index (χ4v) is 1.82. The molecule has 0 spiro atoms. The van der Waals surface area contributed by atoms with Gasteiger partial charge in [0.15, 0.2) is 5.66 Å². The second kappa shape index (κ2) is 6.84. The summed E-state index contributed by atoms with van der Waals surface area (Å²) in [7, 11) is 0. The van der Waals surface area contributed by atoms with Gasteiger partial charge in [0.25, 0.3) is 0 Å². The van der Waals surface area contributed by atoms with Crippen molar-refractivity contribution in [1.29, 1.82) is 0 Å². The van der Waals surface area contributed by atoms with Crippen molar-refractivity contribution in [3.8, 4) is 5.75 Å². The molecule has 0 aromatic heterocycles. The van der Waals surface area contributed by atoms with E-state index in [4.69, 9.17) is 32.6 Å². The van der Waals surface area contributed by atoms with Crippen LogP contribution in [0.5, 0.6) is 5.75 Å². The zero-order valence-electron chi connectivity index (χ0n) is 11.6. The topological polar surface area (TPSA) is 98.5 Å². The van der Waals surface area contributed by atoms with Gasteiger partial charge < -0.3 is 16.2 Å². The van der Waals surface area contributed by atoms with Gasteiger partial charge in [-0.2, -0.15) is 10.1 Å². The number of rotatable bonds is 4. The molecular weight excluding hydrogens is 317 g/mol. The van der Waals surface area contributed by atoms with E-state index in [1.165, 1.54) is 5.06 Å². The SMILES string of the molecule is CC1(C)N=C(N)N=C(N)N1OCOc1ccc(Cl)cc1.Cl. The summed E-state index contributed by atoms with van der Waals surface area (Å²) < 4.78 is 5.42. The van der Waals surface area contributed by atoms with Crippen molar-refractivity contribution in [2.75, 3.05) is 6.79 Å². The number of nitrogens with zero attached hydrogens (tertiary/aromatic N) is 3. The number of nitrogens with two attached hydrogens (primary N) is 2. The number of hydrogen-bond donors (Lipinski definition) is 2. The lowest BCUT2D eigenvalue weighted by Gasteiger charge is -2.36. The second-order valence-corrected chi connectivity index (χ2v) is 5.01. The van der Waals surface area contributed by atoms with Crippen molar-refractivity contribution in [3.63, 3.8) is 0 Å². The van der Waals surface area contributed by atoms with Gasteiger partial charge in [-0.1, -0.05) is 11.6 Å². The molecule has 0 saturated carbocycles. The van der Waals surface area contributed by atoms with Crippen molar-refractivity contribution in [1.82, 2.24) is 5.06 Å². The van der Waals surface area contributed by atoms with Crippen LogP contribution in [0.2, 0.25) is 5.02 Å². The molecule has 1 aliphatic rings. The van der Waals surface area contributed by atoms with Gasteiger partial charge in [0.2, 0.25) is 18.7 Å². The van der Waals surface area contributed by atoms with Crippen LogP contribution in [0.4, 0.5) is 0 Å². The summed E-state index contributed by atoms with van der Waals surface area (Å²) in [5.41, 5.74) is 10.6. The van der Waals surface area contributed by atoms with Gasteiger partial charge in [-0.15, -0.1) is 12.4 Å². The average Bonchev–Trinajstić information content (AvgIpc) is 2.34. The van der Waals surface area contributed by atoms with Gasteiger partial charge >= 0.3 is 0 Å². The molecular formula is C12H17Cl2N5O2. The Morgan fingerprint density at radius 2 is 1.86 bits per heavy atom. The highest BCUT2D eigenvalue weighted by Gasteiger charge is 2.33. The van der Waals surface area contributed by atoms with Crippen LogP contribution in [-0.2, 0) is 4.84 Å². The Kier molecular flexibility index (Phi) is 5.65. The van der Waals surface area contributed by atoms with Crippen LogP contribution in [-0.4, -0.2) is 29.4 Å². The molecule has 1 heterocycles. The standard InChI is InChI=1S/C12H16ClN5O2.ClH/c1-12(2)17-10(14)16-11(15)18(12)20-7-19-9-5-3-8(13)4-6-9;/h3-6H,7H2,1-2H3,(H4,14,15,16,17);1H. The summed E-state index contributed by atoms with van der Waals surface area (Å²) in [6.07, 6.45) is 0. The first-order valence-electron chi connectivity index (χ1n) is 5.89. The molecule has 0 unspecified atom stereocenters. The van der Waals surface area contributed by atoms with E-state index in [1.54, 1.807) is 38.1 Å². The van der Waals surface area contributed by atoms with Crippen LogP contribution in [0, 0.1) is 0 Å². The maximum Gasteiger partial charge on any atom is 0.226 e. The molecule has 0 saturated heterocycles. The number of halogens is 2. The number of hydrogen-bond acceptors (Lipinski definition) is 7. The minimum Gasteiger partial charge on any atom is -0.465 e. The Hall–Kier alpha value is -1.70. The highest BCUT2D eigenvalue weighted by molar-refractivity contribution is 6.30. The Morgan fingerprint density at radius 1 is 1.24 bits per heavy atom. The lowest BCUT2D eigenvalue weighted by atomic mass is 10.2. The Labute approximate surface area is 133 Å². The number of hydroxylamine groups is 2. The molecule has 1 aliphatic heterocycles. The maximum absolute atomic E-state index is 5.78. The molecule has 1 aromatic carbocycles. The van der Waals surface area contributed by atoms with Crippen LogP contribution in [0.25, 0.3) is 0 Å². The quantitative estimate of drug-likeness (QED) is 0.817. The van der Waals surface area contributed by atoms with E-state index in [2.05, 4.69) is 9.98 Å². The van der Waals surface area contributed by atoms with E-state index < -0.39 is 5.66 Å². The molecule has 116 valence electrons. The fourth-order valence-electron chi connectivity index (χ4n) is 1.70. The molecule has 0 fully saturated rings. The third-order valence-electron chi connectivity index (χ3n) is 2.54. The highest BCUT2D eigenvalue weighted by Crippen LogP contribution is 2.20. The minimum absolute atomic E-state index is 0. The van der Waals surface area contributed by atoms with Crippen molar-refractivity contribution in [3.05, 3.63) is 29.3 Å².